The van der Waals surface area contributed by atoms with Crippen molar-refractivity contribution in [2.75, 3.05) is 19.1 Å². The van der Waals surface area contributed by atoms with Crippen molar-refractivity contribution < 1.29 is 24.2 Å². The highest BCUT2D eigenvalue weighted by Crippen LogP contribution is 2.45. The number of amides is 1. The number of halogens is 1. The van der Waals surface area contributed by atoms with Crippen LogP contribution in [0.2, 0.25) is 5.02 Å². The number of rotatable bonds is 5. The fourth-order valence-electron chi connectivity index (χ4n) is 4.03. The zero-order valence-corrected chi connectivity index (χ0v) is 19.1. The van der Waals surface area contributed by atoms with Gasteiger partial charge in [0.1, 0.15) is 17.3 Å². The molecule has 0 spiro atoms. The van der Waals surface area contributed by atoms with Crippen LogP contribution in [0.15, 0.2) is 72.3 Å². The number of aliphatic hydroxyl groups excluding tert-OH is 1. The number of ether oxygens (including phenoxy) is 2. The number of ketones is 1. The van der Waals surface area contributed by atoms with E-state index in [2.05, 4.69) is 0 Å². The van der Waals surface area contributed by atoms with Crippen LogP contribution in [0.5, 0.6) is 11.5 Å². The Morgan fingerprint density at radius 3 is 2.36 bits per heavy atom. The fraction of sp³-hybridized carbons (Fsp3) is 0.154. The Bertz CT molecular complexity index is 1270. The number of anilines is 1. The Balaban J connectivity index is 1.99. The minimum atomic E-state index is -0.852. The van der Waals surface area contributed by atoms with Gasteiger partial charge in [0.2, 0.25) is 0 Å². The molecule has 1 atom stereocenters. The molecular weight excluding hydrogens is 442 g/mol. The lowest BCUT2D eigenvalue weighted by Crippen LogP contribution is -2.30. The van der Waals surface area contributed by atoms with Crippen molar-refractivity contribution in [1.29, 1.82) is 0 Å². The van der Waals surface area contributed by atoms with Crippen molar-refractivity contribution in [2.45, 2.75) is 13.0 Å². The second-order valence-electron chi connectivity index (χ2n) is 7.53. The Morgan fingerprint density at radius 1 is 0.970 bits per heavy atom. The van der Waals surface area contributed by atoms with Crippen LogP contribution in [0.1, 0.15) is 22.7 Å². The molecule has 4 rings (SSSR count). The molecule has 0 bridgehead atoms. The van der Waals surface area contributed by atoms with E-state index in [-0.39, 0.29) is 16.9 Å². The molecule has 1 N–H and O–H groups in total. The molecule has 3 aromatic rings. The summed E-state index contributed by atoms with van der Waals surface area (Å²) < 4.78 is 10.6. The van der Waals surface area contributed by atoms with Gasteiger partial charge >= 0.3 is 0 Å². The molecule has 0 radical (unpaired) electrons. The summed E-state index contributed by atoms with van der Waals surface area (Å²) in [5.41, 5.74) is 2.07. The molecule has 7 heteroatoms. The van der Waals surface area contributed by atoms with E-state index < -0.39 is 17.7 Å². The maximum absolute atomic E-state index is 13.3. The molecule has 6 nitrogen and oxygen atoms in total. The van der Waals surface area contributed by atoms with Crippen LogP contribution < -0.4 is 14.4 Å². The van der Waals surface area contributed by atoms with E-state index in [1.165, 1.54) is 19.1 Å². The predicted molar refractivity (Wildman–Crippen MR) is 127 cm³/mol. The molecule has 1 aliphatic heterocycles. The highest BCUT2D eigenvalue weighted by Gasteiger charge is 2.47. The summed E-state index contributed by atoms with van der Waals surface area (Å²) in [5.74, 6) is -1.03. The highest BCUT2D eigenvalue weighted by atomic mass is 35.5. The largest absolute Gasteiger partial charge is 0.507 e. The van der Waals surface area contributed by atoms with Gasteiger partial charge in [0, 0.05) is 16.8 Å². The number of Topliss-reactive ketones (excluding diaryl/α,β-unsaturated/α-hetero) is 1. The Hall–Kier alpha value is -3.77. The number of methoxy groups -OCH3 is 2. The van der Waals surface area contributed by atoms with Crippen LogP contribution in [-0.2, 0) is 9.59 Å². The SMILES string of the molecule is COc1ccc(/C(O)=C2\C(=O)C(=O)N(c3cccc(Cl)c3C)C2c2ccccc2)c(OC)c1. The van der Waals surface area contributed by atoms with Gasteiger partial charge < -0.3 is 14.6 Å². The molecular formula is C26H22ClNO5. The zero-order chi connectivity index (χ0) is 23.7. The van der Waals surface area contributed by atoms with Crippen molar-refractivity contribution in [1.82, 2.24) is 0 Å². The maximum atomic E-state index is 13.3. The molecule has 1 heterocycles. The summed E-state index contributed by atoms with van der Waals surface area (Å²) in [6.07, 6.45) is 0. The number of hydrogen-bond donors (Lipinski definition) is 1. The number of hydrogen-bond acceptors (Lipinski definition) is 5. The van der Waals surface area contributed by atoms with Gasteiger partial charge in [-0.25, -0.2) is 0 Å². The minimum absolute atomic E-state index is 0.0333. The topological polar surface area (TPSA) is 76.1 Å². The average Bonchev–Trinajstić information content (AvgIpc) is 3.10. The van der Waals surface area contributed by atoms with Crippen molar-refractivity contribution >= 4 is 34.7 Å². The lowest BCUT2D eigenvalue weighted by Gasteiger charge is -2.27. The van der Waals surface area contributed by atoms with Gasteiger partial charge in [-0.1, -0.05) is 48.0 Å². The molecule has 168 valence electrons. The van der Waals surface area contributed by atoms with E-state index >= 15 is 0 Å². The van der Waals surface area contributed by atoms with Gasteiger partial charge in [-0.05, 0) is 42.3 Å². The third-order valence-corrected chi connectivity index (χ3v) is 6.13. The minimum Gasteiger partial charge on any atom is -0.507 e. The van der Waals surface area contributed by atoms with Crippen molar-refractivity contribution in [3.8, 4) is 11.5 Å². The Morgan fingerprint density at radius 2 is 1.70 bits per heavy atom. The Labute approximate surface area is 196 Å². The van der Waals surface area contributed by atoms with Crippen LogP contribution in [-0.4, -0.2) is 31.0 Å². The summed E-state index contributed by atoms with van der Waals surface area (Å²) in [6, 6.07) is 18.2. The number of nitrogens with zero attached hydrogens (tertiary/aromatic N) is 1. The Kier molecular flexibility index (Phi) is 6.11. The predicted octanol–water partition coefficient (Wildman–Crippen LogP) is 5.29. The third-order valence-electron chi connectivity index (χ3n) is 5.72. The fourth-order valence-corrected chi connectivity index (χ4v) is 4.20. The standard InChI is InChI=1S/C26H22ClNO5/c1-15-19(27)10-7-11-20(15)28-23(16-8-5-4-6-9-16)22(25(30)26(28)31)24(29)18-13-12-17(32-2)14-21(18)33-3/h4-14,23,29H,1-3H3/b24-22+. The van der Waals surface area contributed by atoms with E-state index in [1.54, 1.807) is 43.3 Å². The second kappa shape index (κ2) is 9.00. The molecule has 1 saturated heterocycles. The van der Waals surface area contributed by atoms with Crippen LogP contribution in [0.25, 0.3) is 5.76 Å². The molecule has 0 saturated carbocycles. The first-order chi connectivity index (χ1) is 15.9. The van der Waals surface area contributed by atoms with Crippen molar-refractivity contribution in [2.24, 2.45) is 0 Å². The molecule has 0 aliphatic carbocycles. The normalized spacial score (nSPS) is 17.3. The molecule has 0 aromatic heterocycles. The molecule has 1 unspecified atom stereocenters. The lowest BCUT2D eigenvalue weighted by molar-refractivity contribution is -0.132. The molecule has 1 amide bonds. The lowest BCUT2D eigenvalue weighted by atomic mass is 9.94. The quantitative estimate of drug-likeness (QED) is 0.316. The summed E-state index contributed by atoms with van der Waals surface area (Å²) in [5, 5.41) is 11.8. The summed E-state index contributed by atoms with van der Waals surface area (Å²) in [6.45, 7) is 1.78. The summed E-state index contributed by atoms with van der Waals surface area (Å²) in [4.78, 5) is 28.0. The average molecular weight is 464 g/mol. The maximum Gasteiger partial charge on any atom is 0.300 e. The number of carbonyl (C=O) groups excluding carboxylic acids is 2. The number of benzene rings is 3. The van der Waals surface area contributed by atoms with E-state index in [9.17, 15) is 14.7 Å². The van der Waals surface area contributed by atoms with Crippen LogP contribution >= 0.6 is 11.6 Å². The van der Waals surface area contributed by atoms with Crippen molar-refractivity contribution in [3.05, 3.63) is 94.0 Å². The van der Waals surface area contributed by atoms with Crippen LogP contribution in [0.3, 0.4) is 0 Å². The molecule has 33 heavy (non-hydrogen) atoms. The van der Waals surface area contributed by atoms with Gasteiger partial charge in [-0.2, -0.15) is 0 Å². The second-order valence-corrected chi connectivity index (χ2v) is 7.94. The first-order valence-electron chi connectivity index (χ1n) is 10.2. The van der Waals surface area contributed by atoms with E-state index in [4.69, 9.17) is 21.1 Å². The van der Waals surface area contributed by atoms with Crippen molar-refractivity contribution in [3.63, 3.8) is 0 Å². The van der Waals surface area contributed by atoms with Crippen LogP contribution in [0.4, 0.5) is 5.69 Å². The van der Waals surface area contributed by atoms with E-state index in [0.717, 1.165) is 0 Å². The third kappa shape index (κ3) is 3.83. The molecule has 3 aromatic carbocycles. The van der Waals surface area contributed by atoms with Gasteiger partial charge in [0.15, 0.2) is 0 Å². The number of carbonyl (C=O) groups is 2. The van der Waals surface area contributed by atoms with E-state index in [1.807, 2.05) is 30.3 Å². The van der Waals surface area contributed by atoms with Gasteiger partial charge in [0.05, 0.1) is 31.4 Å². The van der Waals surface area contributed by atoms with Crippen LogP contribution in [0, 0.1) is 6.92 Å². The van der Waals surface area contributed by atoms with E-state index in [0.29, 0.717) is 33.3 Å². The van der Waals surface area contributed by atoms with Gasteiger partial charge in [-0.15, -0.1) is 0 Å². The number of aliphatic hydroxyl groups is 1. The summed E-state index contributed by atoms with van der Waals surface area (Å²) in [7, 11) is 2.97. The monoisotopic (exact) mass is 463 g/mol. The van der Waals surface area contributed by atoms with Gasteiger partial charge in [-0.3, -0.25) is 14.5 Å². The smallest absolute Gasteiger partial charge is 0.300 e. The van der Waals surface area contributed by atoms with Gasteiger partial charge in [0.25, 0.3) is 11.7 Å². The highest BCUT2D eigenvalue weighted by molar-refractivity contribution is 6.52. The molecule has 1 aliphatic rings. The molecule has 1 fully saturated rings. The first-order valence-corrected chi connectivity index (χ1v) is 10.6. The zero-order valence-electron chi connectivity index (χ0n) is 18.3. The first kappa shape index (κ1) is 22.4. The summed E-state index contributed by atoms with van der Waals surface area (Å²) >= 11 is 6.32.